The summed E-state index contributed by atoms with van der Waals surface area (Å²) in [5.74, 6) is -2.79. The molecule has 2 aromatic carbocycles. The molecular weight excluding hydrogens is 584 g/mol. The molecule has 14 heteroatoms. The van der Waals surface area contributed by atoms with Crippen molar-refractivity contribution in [1.29, 1.82) is 0 Å². The first-order valence-corrected chi connectivity index (χ1v) is 12.7. The summed E-state index contributed by atoms with van der Waals surface area (Å²) >= 11 is 0. The number of nitrogens with two attached hydrogens (primary N) is 1. The van der Waals surface area contributed by atoms with Crippen LogP contribution in [-0.4, -0.2) is 70.6 Å². The molecule has 1 saturated heterocycles. The first-order chi connectivity index (χ1) is 19.5. The van der Waals surface area contributed by atoms with E-state index >= 15 is 0 Å². The van der Waals surface area contributed by atoms with E-state index in [0.29, 0.717) is 37.4 Å². The Bertz CT molecular complexity index is 1200. The van der Waals surface area contributed by atoms with Gasteiger partial charge in [-0.2, -0.15) is 26.3 Å². The second-order valence-electron chi connectivity index (χ2n) is 9.62. The molecule has 0 radical (unpaired) electrons. The molecule has 238 valence electrons. The minimum absolute atomic E-state index is 0. The maximum absolute atomic E-state index is 13.4. The lowest BCUT2D eigenvalue weighted by molar-refractivity contribution is -0.143. The molecule has 8 nitrogen and oxygen atoms in total. The van der Waals surface area contributed by atoms with E-state index in [2.05, 4.69) is 0 Å². The third-order valence-corrected chi connectivity index (χ3v) is 6.42. The van der Waals surface area contributed by atoms with E-state index in [9.17, 15) is 40.7 Å². The predicted octanol–water partition coefficient (Wildman–Crippen LogP) is 5.24. The predicted molar refractivity (Wildman–Crippen MR) is 147 cm³/mol. The topological polar surface area (TPSA) is 124 Å². The number of nitrogens with zero attached hydrogens (tertiary/aromatic N) is 2. The molecule has 1 heterocycles. The smallest absolute Gasteiger partial charge is 0.416 e. The molecule has 3 rings (SSSR count). The average Bonchev–Trinajstić information content (AvgIpc) is 2.91. The number of carbonyl (C=O) groups excluding carboxylic acids is 1. The Morgan fingerprint density at radius 1 is 0.930 bits per heavy atom. The van der Waals surface area contributed by atoms with Crippen molar-refractivity contribution < 1.29 is 50.9 Å². The summed E-state index contributed by atoms with van der Waals surface area (Å²) in [6.45, 7) is 1.19. The van der Waals surface area contributed by atoms with E-state index in [1.165, 1.54) is 11.9 Å². The number of likely N-dealkylation sites (N-methyl/N-ethyl adjacent to an activating group) is 1. The van der Waals surface area contributed by atoms with Gasteiger partial charge in [-0.25, -0.2) is 9.59 Å². The molecule has 1 fully saturated rings. The lowest BCUT2D eigenvalue weighted by Crippen LogP contribution is -2.47. The fraction of sp³-hybridized carbons (Fsp3) is 0.414. The summed E-state index contributed by atoms with van der Waals surface area (Å²) < 4.78 is 78.9. The molecule has 1 aliphatic rings. The normalized spacial score (nSPS) is 15.2. The Hall–Kier alpha value is -3.91. The number of carboxylic acid groups (broad SMARTS) is 2. The van der Waals surface area contributed by atoms with Crippen LogP contribution in [0.25, 0.3) is 0 Å². The van der Waals surface area contributed by atoms with E-state index in [1.807, 2.05) is 35.2 Å². The first kappa shape index (κ1) is 37.1. The van der Waals surface area contributed by atoms with Crippen LogP contribution in [0.15, 0.2) is 60.7 Å². The highest BCUT2D eigenvalue weighted by molar-refractivity contribution is 5.89. The summed E-state index contributed by atoms with van der Waals surface area (Å²) in [5.41, 5.74) is 3.90. The summed E-state index contributed by atoms with van der Waals surface area (Å²) in [5, 5.41) is 15.6. The number of aliphatic carboxylic acids is 2. The van der Waals surface area contributed by atoms with Gasteiger partial charge in [0.05, 0.1) is 11.1 Å². The summed E-state index contributed by atoms with van der Waals surface area (Å²) in [6.07, 6.45) is -7.40. The number of benzene rings is 2. The number of halogens is 6. The highest BCUT2D eigenvalue weighted by Gasteiger charge is 2.37. The van der Waals surface area contributed by atoms with Crippen molar-refractivity contribution in [3.8, 4) is 0 Å². The van der Waals surface area contributed by atoms with Crippen LogP contribution >= 0.6 is 0 Å². The molecule has 0 bridgehead atoms. The summed E-state index contributed by atoms with van der Waals surface area (Å²) in [6, 6.07) is 10.1. The van der Waals surface area contributed by atoms with Gasteiger partial charge in [0.25, 0.3) is 0 Å². The zero-order valence-electron chi connectivity index (χ0n) is 22.5. The van der Waals surface area contributed by atoms with Gasteiger partial charge >= 0.3 is 24.3 Å². The molecule has 1 amide bonds. The van der Waals surface area contributed by atoms with Crippen LogP contribution in [0.5, 0.6) is 0 Å². The summed E-state index contributed by atoms with van der Waals surface area (Å²) in [7, 11) is 1.51. The number of piperidine rings is 1. The molecule has 0 saturated carbocycles. The fourth-order valence-corrected chi connectivity index (χ4v) is 4.24. The fourth-order valence-electron chi connectivity index (χ4n) is 4.24. The van der Waals surface area contributed by atoms with E-state index in [4.69, 9.17) is 15.9 Å². The quantitative estimate of drug-likeness (QED) is 0.273. The van der Waals surface area contributed by atoms with Crippen molar-refractivity contribution >= 4 is 17.8 Å². The SMILES string of the molecule is C.CN(CCc1cc(C(F)(F)F)cc(C(F)(F)F)c1)C(=O)C(c1ccccc1)N1CCC(N)CC1.O=C(O)/C=C/C(=O)O. The van der Waals surface area contributed by atoms with Gasteiger partial charge in [-0.05, 0) is 48.6 Å². The second kappa shape index (κ2) is 16.1. The Morgan fingerprint density at radius 2 is 1.40 bits per heavy atom. The van der Waals surface area contributed by atoms with Crippen LogP contribution in [0.4, 0.5) is 26.3 Å². The maximum Gasteiger partial charge on any atom is 0.416 e. The van der Waals surface area contributed by atoms with E-state index in [1.54, 1.807) is 0 Å². The number of likely N-dealkylation sites (tertiary alicyclic amines) is 1. The molecule has 0 spiro atoms. The maximum atomic E-state index is 13.4. The highest BCUT2D eigenvalue weighted by atomic mass is 19.4. The van der Waals surface area contributed by atoms with Gasteiger partial charge < -0.3 is 20.8 Å². The van der Waals surface area contributed by atoms with E-state index in [0.717, 1.165) is 18.4 Å². The third kappa shape index (κ3) is 12.1. The minimum Gasteiger partial charge on any atom is -0.478 e. The van der Waals surface area contributed by atoms with Crippen LogP contribution in [0.3, 0.4) is 0 Å². The average molecular weight is 620 g/mol. The van der Waals surface area contributed by atoms with Crippen molar-refractivity contribution in [2.24, 2.45) is 5.73 Å². The van der Waals surface area contributed by atoms with Crippen molar-refractivity contribution in [2.45, 2.75) is 51.1 Å². The van der Waals surface area contributed by atoms with Gasteiger partial charge in [-0.1, -0.05) is 37.8 Å². The molecular formula is C29H35F6N3O5. The van der Waals surface area contributed by atoms with Gasteiger partial charge in [0.1, 0.15) is 6.04 Å². The van der Waals surface area contributed by atoms with Crippen molar-refractivity contribution in [1.82, 2.24) is 9.80 Å². The minimum atomic E-state index is -4.91. The zero-order chi connectivity index (χ0) is 31.7. The molecule has 2 aromatic rings. The zero-order valence-corrected chi connectivity index (χ0v) is 22.5. The number of hydrogen-bond acceptors (Lipinski definition) is 5. The van der Waals surface area contributed by atoms with Gasteiger partial charge in [-0.15, -0.1) is 0 Å². The standard InChI is InChI=1S/C24H27F6N3O.C4H4O4.CH4/c1-32(10-7-16-13-18(23(25,26)27)15-19(14-16)24(28,29)30)22(34)21(17-5-3-2-4-6-17)33-11-8-20(31)9-12-33;5-3(6)1-2-4(7)8;/h2-6,13-15,20-21H,7-12,31H2,1H3;1-2H,(H,5,6)(H,7,8);1H4/b;2-1+;. The Morgan fingerprint density at radius 3 is 1.81 bits per heavy atom. The van der Waals surface area contributed by atoms with Crippen molar-refractivity contribution in [3.05, 3.63) is 82.9 Å². The number of amides is 1. The van der Waals surface area contributed by atoms with Gasteiger partial charge in [0.2, 0.25) is 5.91 Å². The van der Waals surface area contributed by atoms with Crippen molar-refractivity contribution in [2.75, 3.05) is 26.7 Å². The number of hydrogen-bond donors (Lipinski definition) is 3. The monoisotopic (exact) mass is 619 g/mol. The molecule has 4 N–H and O–H groups in total. The molecule has 0 aromatic heterocycles. The first-order valence-electron chi connectivity index (χ1n) is 12.7. The number of rotatable bonds is 8. The van der Waals surface area contributed by atoms with Crippen LogP contribution in [0.2, 0.25) is 0 Å². The van der Waals surface area contributed by atoms with Crippen LogP contribution in [0, 0.1) is 0 Å². The Kier molecular flexibility index (Phi) is 13.9. The van der Waals surface area contributed by atoms with Crippen LogP contribution in [0.1, 0.15) is 48.6 Å². The number of carboxylic acids is 2. The molecule has 1 unspecified atom stereocenters. The largest absolute Gasteiger partial charge is 0.478 e. The van der Waals surface area contributed by atoms with Crippen LogP contribution < -0.4 is 5.73 Å². The Balaban J connectivity index is 0.000000903. The third-order valence-electron chi connectivity index (χ3n) is 6.42. The number of alkyl halides is 6. The lowest BCUT2D eigenvalue weighted by atomic mass is 9.98. The van der Waals surface area contributed by atoms with E-state index in [-0.39, 0.29) is 44.0 Å². The van der Waals surface area contributed by atoms with Gasteiger partial charge in [0, 0.05) is 44.9 Å². The molecule has 0 aliphatic carbocycles. The molecule has 1 atom stereocenters. The molecule has 1 aliphatic heterocycles. The Labute approximate surface area is 245 Å². The van der Waals surface area contributed by atoms with Gasteiger partial charge in [0.15, 0.2) is 0 Å². The highest BCUT2D eigenvalue weighted by Crippen LogP contribution is 2.36. The second-order valence-corrected chi connectivity index (χ2v) is 9.62. The molecule has 43 heavy (non-hydrogen) atoms. The van der Waals surface area contributed by atoms with Gasteiger partial charge in [-0.3, -0.25) is 9.69 Å². The summed E-state index contributed by atoms with van der Waals surface area (Å²) in [4.78, 5) is 35.9. The lowest BCUT2D eigenvalue weighted by Gasteiger charge is -2.37. The van der Waals surface area contributed by atoms with Crippen LogP contribution in [-0.2, 0) is 33.2 Å². The van der Waals surface area contributed by atoms with Crippen molar-refractivity contribution in [3.63, 3.8) is 0 Å². The number of carbonyl (C=O) groups is 3. The van der Waals surface area contributed by atoms with E-state index < -0.39 is 41.5 Å².